The molecule has 0 radical (unpaired) electrons. The summed E-state index contributed by atoms with van der Waals surface area (Å²) in [5.41, 5.74) is 0. The third-order valence-electron chi connectivity index (χ3n) is 2.80. The molecule has 74 valence electrons. The minimum atomic E-state index is -0.179. The van der Waals surface area contributed by atoms with Gasteiger partial charge in [-0.25, -0.2) is 9.86 Å². The molecule has 13 heavy (non-hydrogen) atoms. The Labute approximate surface area is 76.9 Å². The van der Waals surface area contributed by atoms with Gasteiger partial charge in [-0.2, -0.15) is 0 Å². The van der Waals surface area contributed by atoms with Crippen LogP contribution in [-0.2, 0) is 9.57 Å². The smallest absolute Gasteiger partial charge is 0.341 e. The molecule has 5 nitrogen and oxygen atoms in total. The van der Waals surface area contributed by atoms with Crippen LogP contribution < -0.4 is 5.32 Å². The van der Waals surface area contributed by atoms with Gasteiger partial charge in [-0.15, -0.1) is 0 Å². The Bertz CT molecular complexity index is 211. The molecule has 2 fully saturated rings. The number of nitrogens with zero attached hydrogens (tertiary/aromatic N) is 1. The van der Waals surface area contributed by atoms with E-state index in [2.05, 4.69) is 5.32 Å². The molecule has 2 atom stereocenters. The van der Waals surface area contributed by atoms with Crippen LogP contribution in [0.4, 0.5) is 4.79 Å². The van der Waals surface area contributed by atoms with E-state index in [1.165, 1.54) is 12.2 Å². The molecule has 2 rings (SSSR count). The normalized spacial score (nSPS) is 35.4. The number of rotatable bonds is 2. The first-order valence-electron chi connectivity index (χ1n) is 4.40. The minimum Gasteiger partial charge on any atom is -0.381 e. The Morgan fingerprint density at radius 2 is 2.15 bits per heavy atom. The average Bonchev–Trinajstić information content (AvgIpc) is 2.63. The Kier molecular flexibility index (Phi) is 2.13. The van der Waals surface area contributed by atoms with Crippen molar-refractivity contribution in [2.45, 2.75) is 6.04 Å². The number of hydrogen-bond donors (Lipinski definition) is 1. The Hall–Kier alpha value is -0.810. The van der Waals surface area contributed by atoms with E-state index in [9.17, 15) is 4.79 Å². The van der Waals surface area contributed by atoms with E-state index in [0.717, 1.165) is 13.2 Å². The summed E-state index contributed by atoms with van der Waals surface area (Å²) in [6.07, 6.45) is 0. The number of amides is 2. The van der Waals surface area contributed by atoms with Crippen molar-refractivity contribution in [2.24, 2.45) is 11.8 Å². The van der Waals surface area contributed by atoms with Crippen LogP contribution in [0.5, 0.6) is 0 Å². The summed E-state index contributed by atoms with van der Waals surface area (Å²) in [5, 5.41) is 4.08. The lowest BCUT2D eigenvalue weighted by Crippen LogP contribution is -2.39. The monoisotopic (exact) mass is 186 g/mol. The van der Waals surface area contributed by atoms with Crippen molar-refractivity contribution < 1.29 is 14.4 Å². The molecule has 1 heterocycles. The fraction of sp³-hybridized carbons (Fsp3) is 0.875. The number of urea groups is 1. The van der Waals surface area contributed by atoms with E-state index in [0.29, 0.717) is 17.9 Å². The number of hydrogen-bond acceptors (Lipinski definition) is 3. The van der Waals surface area contributed by atoms with Gasteiger partial charge in [-0.05, 0) is 0 Å². The molecule has 1 saturated carbocycles. The molecule has 2 aliphatic rings. The van der Waals surface area contributed by atoms with E-state index in [1.807, 2.05) is 0 Å². The van der Waals surface area contributed by atoms with Gasteiger partial charge >= 0.3 is 6.03 Å². The molecule has 1 N–H and O–H groups in total. The lowest BCUT2D eigenvalue weighted by Gasteiger charge is -2.15. The SMILES string of the molecule is CON(C)C(=O)NC1[C@H]2COC[C@H]12. The highest BCUT2D eigenvalue weighted by Gasteiger charge is 2.55. The second-order valence-electron chi connectivity index (χ2n) is 3.52. The van der Waals surface area contributed by atoms with Crippen LogP contribution in [0.3, 0.4) is 0 Å². The minimum absolute atomic E-state index is 0.179. The molecule has 1 saturated heterocycles. The van der Waals surface area contributed by atoms with Crippen LogP contribution in [0.1, 0.15) is 0 Å². The van der Waals surface area contributed by atoms with Crippen LogP contribution >= 0.6 is 0 Å². The molecular formula is C8H14N2O3. The molecule has 0 bridgehead atoms. The van der Waals surface area contributed by atoms with E-state index in [-0.39, 0.29) is 6.03 Å². The summed E-state index contributed by atoms with van der Waals surface area (Å²) in [6.45, 7) is 1.57. The highest BCUT2D eigenvalue weighted by atomic mass is 16.7. The van der Waals surface area contributed by atoms with Gasteiger partial charge in [-0.3, -0.25) is 4.84 Å². The first-order valence-corrected chi connectivity index (χ1v) is 4.40. The summed E-state index contributed by atoms with van der Waals surface area (Å²) in [5.74, 6) is 1.07. The average molecular weight is 186 g/mol. The summed E-state index contributed by atoms with van der Waals surface area (Å²) in [4.78, 5) is 16.1. The summed E-state index contributed by atoms with van der Waals surface area (Å²) >= 11 is 0. The Morgan fingerprint density at radius 3 is 2.69 bits per heavy atom. The van der Waals surface area contributed by atoms with Gasteiger partial charge in [0.15, 0.2) is 0 Å². The lowest BCUT2D eigenvalue weighted by molar-refractivity contribution is -0.0652. The molecule has 1 aliphatic heterocycles. The summed E-state index contributed by atoms with van der Waals surface area (Å²) in [6, 6.07) is 0.126. The van der Waals surface area contributed by atoms with Crippen molar-refractivity contribution in [3.8, 4) is 0 Å². The maximum Gasteiger partial charge on any atom is 0.341 e. The third-order valence-corrected chi connectivity index (χ3v) is 2.80. The van der Waals surface area contributed by atoms with Crippen molar-refractivity contribution in [1.29, 1.82) is 0 Å². The fourth-order valence-electron chi connectivity index (χ4n) is 1.77. The first kappa shape index (κ1) is 8.77. The van der Waals surface area contributed by atoms with Crippen LogP contribution in [0.2, 0.25) is 0 Å². The number of carbonyl (C=O) groups excluding carboxylic acids is 1. The molecule has 0 spiro atoms. The maximum atomic E-state index is 11.3. The molecule has 5 heteroatoms. The second-order valence-corrected chi connectivity index (χ2v) is 3.52. The highest BCUT2D eigenvalue weighted by molar-refractivity contribution is 5.73. The Balaban J connectivity index is 1.77. The molecule has 2 amide bonds. The van der Waals surface area contributed by atoms with Gasteiger partial charge in [0.1, 0.15) is 0 Å². The predicted octanol–water partition coefficient (Wildman–Crippen LogP) is -0.166. The van der Waals surface area contributed by atoms with E-state index >= 15 is 0 Å². The largest absolute Gasteiger partial charge is 0.381 e. The number of nitrogens with one attached hydrogen (secondary N) is 1. The quantitative estimate of drug-likeness (QED) is 0.609. The van der Waals surface area contributed by atoms with Gasteiger partial charge in [0.2, 0.25) is 0 Å². The molecule has 0 aromatic heterocycles. The maximum absolute atomic E-state index is 11.3. The van der Waals surface area contributed by atoms with Crippen LogP contribution in [0.25, 0.3) is 0 Å². The third kappa shape index (κ3) is 1.49. The van der Waals surface area contributed by atoms with E-state index < -0.39 is 0 Å². The summed E-state index contributed by atoms with van der Waals surface area (Å²) < 4.78 is 5.21. The molecule has 0 aromatic carbocycles. The Morgan fingerprint density at radius 1 is 1.54 bits per heavy atom. The van der Waals surface area contributed by atoms with Gasteiger partial charge in [-0.1, -0.05) is 0 Å². The zero-order valence-electron chi connectivity index (χ0n) is 7.82. The van der Waals surface area contributed by atoms with Gasteiger partial charge in [0, 0.05) is 24.9 Å². The van der Waals surface area contributed by atoms with Gasteiger partial charge < -0.3 is 10.1 Å². The van der Waals surface area contributed by atoms with Crippen molar-refractivity contribution in [2.75, 3.05) is 27.4 Å². The van der Waals surface area contributed by atoms with Crippen molar-refractivity contribution in [1.82, 2.24) is 10.4 Å². The van der Waals surface area contributed by atoms with Crippen molar-refractivity contribution in [3.63, 3.8) is 0 Å². The van der Waals surface area contributed by atoms with E-state index in [1.54, 1.807) is 7.05 Å². The second kappa shape index (κ2) is 3.16. The number of carbonyl (C=O) groups is 1. The van der Waals surface area contributed by atoms with Crippen molar-refractivity contribution >= 4 is 6.03 Å². The van der Waals surface area contributed by atoms with Crippen molar-refractivity contribution in [3.05, 3.63) is 0 Å². The molecule has 0 unspecified atom stereocenters. The lowest BCUT2D eigenvalue weighted by atomic mass is 10.4. The first-order chi connectivity index (χ1) is 6.24. The standard InChI is InChI=1S/C8H14N2O3/c1-10(12-2)8(11)9-7-5-3-13-4-6(5)7/h5-7H,3-4H2,1-2H3,(H,9,11)/t5-,6-/m0/s1. The zero-order valence-corrected chi connectivity index (χ0v) is 7.82. The molecule has 0 aromatic rings. The number of fused-ring (bicyclic) bond motifs is 1. The number of ether oxygens (including phenoxy) is 1. The van der Waals surface area contributed by atoms with Crippen LogP contribution in [0, 0.1) is 11.8 Å². The zero-order chi connectivity index (χ0) is 9.42. The predicted molar refractivity (Wildman–Crippen MR) is 44.9 cm³/mol. The van der Waals surface area contributed by atoms with Crippen LogP contribution in [0.15, 0.2) is 0 Å². The highest BCUT2D eigenvalue weighted by Crippen LogP contribution is 2.44. The van der Waals surface area contributed by atoms with Gasteiger partial charge in [0.05, 0.1) is 20.3 Å². The van der Waals surface area contributed by atoms with Crippen LogP contribution in [-0.4, -0.2) is 44.5 Å². The molecular weight excluding hydrogens is 172 g/mol. The summed E-state index contributed by atoms with van der Waals surface area (Å²) in [7, 11) is 3.06. The fourth-order valence-corrected chi connectivity index (χ4v) is 1.77. The molecule has 1 aliphatic carbocycles. The topological polar surface area (TPSA) is 50.8 Å². The number of hydroxylamine groups is 2. The van der Waals surface area contributed by atoms with Gasteiger partial charge in [0.25, 0.3) is 0 Å². The van der Waals surface area contributed by atoms with E-state index in [4.69, 9.17) is 9.57 Å².